The first kappa shape index (κ1) is 15.6. The highest BCUT2D eigenvalue weighted by molar-refractivity contribution is 9.10. The zero-order valence-electron chi connectivity index (χ0n) is 11.2. The van der Waals surface area contributed by atoms with Gasteiger partial charge in [-0.3, -0.25) is 0 Å². The SMILES string of the molecule is ON1[C@@H](c2ccc(Br)cc2)CSC[C@H]1c1ccc(Br)cc1. The van der Waals surface area contributed by atoms with Crippen molar-refractivity contribution in [2.45, 2.75) is 12.1 Å². The Morgan fingerprint density at radius 2 is 1.19 bits per heavy atom. The van der Waals surface area contributed by atoms with Crippen LogP contribution in [0.25, 0.3) is 0 Å². The quantitative estimate of drug-likeness (QED) is 0.689. The lowest BCUT2D eigenvalue weighted by Gasteiger charge is -2.37. The van der Waals surface area contributed by atoms with Crippen LogP contribution in [0.2, 0.25) is 0 Å². The standard InChI is InChI=1S/C16H15Br2NOS/c17-13-5-1-11(2-6-13)15-9-21-10-16(19(15)20)12-3-7-14(18)8-4-12/h1-8,15-16,20H,9-10H2/t15-,16+. The van der Waals surface area contributed by atoms with Gasteiger partial charge < -0.3 is 5.21 Å². The van der Waals surface area contributed by atoms with Crippen molar-refractivity contribution in [1.29, 1.82) is 0 Å². The molecule has 0 aliphatic carbocycles. The van der Waals surface area contributed by atoms with Crippen molar-refractivity contribution in [2.75, 3.05) is 11.5 Å². The smallest absolute Gasteiger partial charge is 0.0697 e. The minimum Gasteiger partial charge on any atom is -0.313 e. The lowest BCUT2D eigenvalue weighted by molar-refractivity contribution is -0.155. The van der Waals surface area contributed by atoms with Crippen molar-refractivity contribution < 1.29 is 5.21 Å². The predicted molar refractivity (Wildman–Crippen MR) is 94.7 cm³/mol. The average molecular weight is 429 g/mol. The highest BCUT2D eigenvalue weighted by atomic mass is 79.9. The maximum atomic E-state index is 10.7. The van der Waals surface area contributed by atoms with Gasteiger partial charge in [-0.2, -0.15) is 16.8 Å². The van der Waals surface area contributed by atoms with Gasteiger partial charge in [0.2, 0.25) is 0 Å². The fraction of sp³-hybridized carbons (Fsp3) is 0.250. The van der Waals surface area contributed by atoms with Gasteiger partial charge in [-0.25, -0.2) is 0 Å². The largest absolute Gasteiger partial charge is 0.313 e. The number of hydrogen-bond acceptors (Lipinski definition) is 3. The summed E-state index contributed by atoms with van der Waals surface area (Å²) in [6, 6.07) is 16.5. The van der Waals surface area contributed by atoms with Crippen molar-refractivity contribution in [1.82, 2.24) is 5.06 Å². The highest BCUT2D eigenvalue weighted by Crippen LogP contribution is 2.38. The number of rotatable bonds is 2. The summed E-state index contributed by atoms with van der Waals surface area (Å²) in [4.78, 5) is 0. The summed E-state index contributed by atoms with van der Waals surface area (Å²) in [6.07, 6.45) is 0. The van der Waals surface area contributed by atoms with Crippen molar-refractivity contribution in [2.24, 2.45) is 0 Å². The van der Waals surface area contributed by atoms with Crippen LogP contribution < -0.4 is 0 Å². The molecule has 1 saturated heterocycles. The summed E-state index contributed by atoms with van der Waals surface area (Å²) >= 11 is 8.80. The average Bonchev–Trinajstić information content (AvgIpc) is 2.50. The van der Waals surface area contributed by atoms with Gasteiger partial charge in [-0.05, 0) is 35.4 Å². The summed E-state index contributed by atoms with van der Waals surface area (Å²) in [7, 11) is 0. The fourth-order valence-corrected chi connectivity index (χ4v) is 4.33. The predicted octanol–water partition coefficient (Wildman–Crippen LogP) is 5.43. The molecule has 0 radical (unpaired) electrons. The lowest BCUT2D eigenvalue weighted by atomic mass is 10.0. The molecule has 21 heavy (non-hydrogen) atoms. The van der Waals surface area contributed by atoms with Crippen LogP contribution >= 0.6 is 43.6 Å². The molecule has 1 aliphatic rings. The van der Waals surface area contributed by atoms with E-state index in [1.54, 1.807) is 0 Å². The Morgan fingerprint density at radius 1 is 0.810 bits per heavy atom. The maximum Gasteiger partial charge on any atom is 0.0697 e. The summed E-state index contributed by atoms with van der Waals surface area (Å²) < 4.78 is 2.12. The van der Waals surface area contributed by atoms with Crippen molar-refractivity contribution in [3.8, 4) is 0 Å². The third-order valence-electron chi connectivity index (χ3n) is 3.70. The molecule has 0 aromatic heterocycles. The molecule has 1 heterocycles. The molecular formula is C16H15Br2NOS. The first-order chi connectivity index (χ1) is 10.1. The molecule has 0 amide bonds. The minimum absolute atomic E-state index is 0.0329. The summed E-state index contributed by atoms with van der Waals surface area (Å²) in [5.41, 5.74) is 2.30. The van der Waals surface area contributed by atoms with E-state index in [9.17, 15) is 5.21 Å². The third-order valence-corrected chi connectivity index (χ3v) is 5.86. The van der Waals surface area contributed by atoms with Crippen LogP contribution in [0.3, 0.4) is 0 Å². The maximum absolute atomic E-state index is 10.7. The van der Waals surface area contributed by atoms with E-state index >= 15 is 0 Å². The molecule has 1 fully saturated rings. The first-order valence-electron chi connectivity index (χ1n) is 6.71. The zero-order valence-corrected chi connectivity index (χ0v) is 15.2. The molecule has 2 atom stereocenters. The second-order valence-electron chi connectivity index (χ2n) is 5.05. The van der Waals surface area contributed by atoms with E-state index in [2.05, 4.69) is 56.1 Å². The van der Waals surface area contributed by atoms with E-state index in [-0.39, 0.29) is 12.1 Å². The van der Waals surface area contributed by atoms with Gasteiger partial charge in [-0.15, -0.1) is 0 Å². The highest BCUT2D eigenvalue weighted by Gasteiger charge is 2.31. The van der Waals surface area contributed by atoms with E-state index in [0.717, 1.165) is 31.6 Å². The molecule has 0 unspecified atom stereocenters. The normalized spacial score (nSPS) is 23.2. The molecule has 5 heteroatoms. The topological polar surface area (TPSA) is 23.5 Å². The monoisotopic (exact) mass is 427 g/mol. The van der Waals surface area contributed by atoms with Crippen molar-refractivity contribution >= 4 is 43.6 Å². The van der Waals surface area contributed by atoms with E-state index in [4.69, 9.17) is 0 Å². The number of nitrogens with zero attached hydrogens (tertiary/aromatic N) is 1. The van der Waals surface area contributed by atoms with Gasteiger partial charge in [-0.1, -0.05) is 56.1 Å². The fourth-order valence-electron chi connectivity index (χ4n) is 2.53. The van der Waals surface area contributed by atoms with Crippen LogP contribution in [-0.4, -0.2) is 21.8 Å². The molecule has 1 N–H and O–H groups in total. The number of halogens is 2. The number of hydrogen-bond donors (Lipinski definition) is 1. The second-order valence-corrected chi connectivity index (χ2v) is 7.96. The second kappa shape index (κ2) is 6.84. The lowest BCUT2D eigenvalue weighted by Crippen LogP contribution is -2.36. The van der Waals surface area contributed by atoms with Gasteiger partial charge in [0.1, 0.15) is 0 Å². The van der Waals surface area contributed by atoms with Crippen molar-refractivity contribution in [3.05, 3.63) is 68.6 Å². The molecule has 0 bridgehead atoms. The number of hydroxylamine groups is 2. The van der Waals surface area contributed by atoms with Crippen molar-refractivity contribution in [3.63, 3.8) is 0 Å². The zero-order chi connectivity index (χ0) is 14.8. The van der Waals surface area contributed by atoms with E-state index in [1.165, 1.54) is 5.06 Å². The van der Waals surface area contributed by atoms with Crippen LogP contribution in [0.4, 0.5) is 0 Å². The summed E-state index contributed by atoms with van der Waals surface area (Å²) in [5.74, 6) is 1.82. The Bertz CT molecular complexity index is 549. The molecule has 2 nitrogen and oxygen atoms in total. The first-order valence-corrected chi connectivity index (χ1v) is 9.45. The number of thioether (sulfide) groups is 1. The van der Waals surface area contributed by atoms with Crippen LogP contribution in [0, 0.1) is 0 Å². The van der Waals surface area contributed by atoms with Gasteiger partial charge in [0, 0.05) is 20.5 Å². The van der Waals surface area contributed by atoms with Crippen LogP contribution in [0.15, 0.2) is 57.5 Å². The third kappa shape index (κ3) is 3.54. The molecule has 0 spiro atoms. The molecule has 1 aliphatic heterocycles. The Kier molecular flexibility index (Phi) is 5.07. The van der Waals surface area contributed by atoms with Gasteiger partial charge in [0.15, 0.2) is 0 Å². The molecule has 3 rings (SSSR count). The molecule has 2 aromatic carbocycles. The molecular weight excluding hydrogens is 414 g/mol. The van der Waals surface area contributed by atoms with Crippen LogP contribution in [-0.2, 0) is 0 Å². The molecule has 110 valence electrons. The van der Waals surface area contributed by atoms with E-state index in [0.29, 0.717) is 0 Å². The van der Waals surface area contributed by atoms with Gasteiger partial charge >= 0.3 is 0 Å². The Balaban J connectivity index is 1.84. The van der Waals surface area contributed by atoms with E-state index in [1.807, 2.05) is 36.0 Å². The molecule has 2 aromatic rings. The van der Waals surface area contributed by atoms with Gasteiger partial charge in [0.25, 0.3) is 0 Å². The summed E-state index contributed by atoms with van der Waals surface area (Å²) in [6.45, 7) is 0. The molecule has 0 saturated carbocycles. The number of benzene rings is 2. The van der Waals surface area contributed by atoms with Gasteiger partial charge in [0.05, 0.1) is 12.1 Å². The van der Waals surface area contributed by atoms with Crippen LogP contribution in [0.1, 0.15) is 23.2 Å². The minimum atomic E-state index is 0.0329. The van der Waals surface area contributed by atoms with Crippen LogP contribution in [0.5, 0.6) is 0 Å². The van der Waals surface area contributed by atoms with E-state index < -0.39 is 0 Å². The Morgan fingerprint density at radius 3 is 1.57 bits per heavy atom. The summed E-state index contributed by atoms with van der Waals surface area (Å²) in [5, 5.41) is 12.2. The Hall–Kier alpha value is -0.330. The Labute approximate surface area is 145 Å².